The number of fused-ring (bicyclic) bond motifs is 1. The predicted octanol–water partition coefficient (Wildman–Crippen LogP) is 1.16. The number of hydrogen-bond donors (Lipinski definition) is 2. The van der Waals surface area contributed by atoms with Gasteiger partial charge in [-0.3, -0.25) is 9.59 Å². The molecule has 2 aromatic rings. The van der Waals surface area contributed by atoms with Crippen LogP contribution in [0.15, 0.2) is 41.5 Å². The van der Waals surface area contributed by atoms with Gasteiger partial charge < -0.3 is 15.6 Å². The Hall–Kier alpha value is -2.56. The number of carbonyl (C=O) groups excluding carboxylic acids is 1. The number of pyridine rings is 1. The first-order valence-electron chi connectivity index (χ1n) is 6.49. The van der Waals surface area contributed by atoms with Crippen LogP contribution >= 0.6 is 0 Å². The Balaban J connectivity index is 1.89. The summed E-state index contributed by atoms with van der Waals surface area (Å²) >= 11 is 0. The van der Waals surface area contributed by atoms with E-state index in [-0.39, 0.29) is 16.9 Å². The normalized spacial score (nSPS) is 13.9. The number of amides is 1. The van der Waals surface area contributed by atoms with Gasteiger partial charge in [0.05, 0.1) is 0 Å². The average molecular weight is 269 g/mol. The number of aromatic amines is 1. The van der Waals surface area contributed by atoms with Gasteiger partial charge in [0.25, 0.3) is 5.91 Å². The molecule has 102 valence electrons. The van der Waals surface area contributed by atoms with E-state index in [4.69, 9.17) is 5.73 Å². The molecule has 0 radical (unpaired) electrons. The Labute approximate surface area is 116 Å². The van der Waals surface area contributed by atoms with Gasteiger partial charge in [-0.05, 0) is 23.6 Å². The minimum atomic E-state index is -0.257. The van der Waals surface area contributed by atoms with Crippen LogP contribution in [0.1, 0.15) is 21.5 Å². The highest BCUT2D eigenvalue weighted by Crippen LogP contribution is 2.24. The lowest BCUT2D eigenvalue weighted by atomic mass is 9.97. The van der Waals surface area contributed by atoms with Crippen molar-refractivity contribution in [2.24, 2.45) is 0 Å². The zero-order chi connectivity index (χ0) is 14.1. The van der Waals surface area contributed by atoms with Crippen LogP contribution in [0.2, 0.25) is 0 Å². The molecule has 0 fully saturated rings. The van der Waals surface area contributed by atoms with E-state index < -0.39 is 0 Å². The molecule has 1 aromatic carbocycles. The number of carbonyl (C=O) groups is 1. The molecular weight excluding hydrogens is 254 g/mol. The third-order valence-electron chi connectivity index (χ3n) is 3.64. The molecule has 5 heteroatoms. The largest absolute Gasteiger partial charge is 0.398 e. The van der Waals surface area contributed by atoms with E-state index >= 15 is 0 Å². The maximum Gasteiger partial charge on any atom is 0.259 e. The number of nitrogens with two attached hydrogens (primary N) is 1. The van der Waals surface area contributed by atoms with Crippen molar-refractivity contribution < 1.29 is 4.79 Å². The number of hydrogen-bond acceptors (Lipinski definition) is 3. The first-order valence-corrected chi connectivity index (χ1v) is 6.49. The van der Waals surface area contributed by atoms with E-state index in [0.29, 0.717) is 13.1 Å². The van der Waals surface area contributed by atoms with Crippen LogP contribution in [-0.4, -0.2) is 22.3 Å². The van der Waals surface area contributed by atoms with Crippen molar-refractivity contribution in [2.75, 3.05) is 12.3 Å². The van der Waals surface area contributed by atoms with Gasteiger partial charge in [0, 0.05) is 37.2 Å². The summed E-state index contributed by atoms with van der Waals surface area (Å²) < 4.78 is 0. The summed E-state index contributed by atoms with van der Waals surface area (Å²) in [6, 6.07) is 7.10. The Morgan fingerprint density at radius 3 is 2.95 bits per heavy atom. The summed E-state index contributed by atoms with van der Waals surface area (Å²) in [5.41, 5.74) is 8.80. The number of rotatable bonds is 1. The smallest absolute Gasteiger partial charge is 0.259 e. The first kappa shape index (κ1) is 12.5. The molecule has 3 rings (SSSR count). The first-order chi connectivity index (χ1) is 9.66. The SMILES string of the molecule is Nc1cccc2c1CCN(C(=O)c1c[nH]ccc1=O)C2. The van der Waals surface area contributed by atoms with Gasteiger partial charge in [-0.25, -0.2) is 0 Å². The van der Waals surface area contributed by atoms with Crippen molar-refractivity contribution in [3.63, 3.8) is 0 Å². The standard InChI is InChI=1S/C15H15N3O2/c16-13-3-1-2-10-9-18(7-5-11(10)13)15(20)12-8-17-6-4-14(12)19/h1-4,6,8H,5,7,9,16H2,(H,17,19). The second-order valence-electron chi connectivity index (χ2n) is 4.88. The lowest BCUT2D eigenvalue weighted by molar-refractivity contribution is 0.0733. The fraction of sp³-hybridized carbons (Fsp3) is 0.200. The van der Waals surface area contributed by atoms with Crippen molar-refractivity contribution in [3.05, 3.63) is 63.6 Å². The zero-order valence-corrected chi connectivity index (χ0v) is 10.9. The number of nitrogens with zero attached hydrogens (tertiary/aromatic N) is 1. The lowest BCUT2D eigenvalue weighted by Gasteiger charge is -2.29. The minimum Gasteiger partial charge on any atom is -0.398 e. The number of aromatic nitrogens is 1. The lowest BCUT2D eigenvalue weighted by Crippen LogP contribution is -2.38. The van der Waals surface area contributed by atoms with Gasteiger partial charge >= 0.3 is 0 Å². The zero-order valence-electron chi connectivity index (χ0n) is 10.9. The third-order valence-corrected chi connectivity index (χ3v) is 3.64. The molecule has 1 aromatic heterocycles. The number of anilines is 1. The molecular formula is C15H15N3O2. The van der Waals surface area contributed by atoms with E-state index in [2.05, 4.69) is 4.98 Å². The monoisotopic (exact) mass is 269 g/mol. The number of nitrogen functional groups attached to an aromatic ring is 1. The van der Waals surface area contributed by atoms with Gasteiger partial charge in [-0.2, -0.15) is 0 Å². The Kier molecular flexibility index (Phi) is 3.02. The number of benzene rings is 1. The number of H-pyrrole nitrogens is 1. The van der Waals surface area contributed by atoms with Crippen LogP contribution in [0.3, 0.4) is 0 Å². The molecule has 2 heterocycles. The molecule has 1 aliphatic rings. The van der Waals surface area contributed by atoms with Crippen LogP contribution in [0.25, 0.3) is 0 Å². The van der Waals surface area contributed by atoms with Gasteiger partial charge in [0.15, 0.2) is 5.43 Å². The van der Waals surface area contributed by atoms with Gasteiger partial charge in [-0.1, -0.05) is 12.1 Å². The molecule has 1 amide bonds. The third kappa shape index (κ3) is 2.07. The highest BCUT2D eigenvalue weighted by atomic mass is 16.2. The van der Waals surface area contributed by atoms with Crippen molar-refractivity contribution in [1.82, 2.24) is 9.88 Å². The van der Waals surface area contributed by atoms with E-state index in [1.165, 1.54) is 18.5 Å². The maximum absolute atomic E-state index is 12.4. The average Bonchev–Trinajstić information content (AvgIpc) is 2.47. The summed E-state index contributed by atoms with van der Waals surface area (Å²) in [7, 11) is 0. The quantitative estimate of drug-likeness (QED) is 0.762. The Morgan fingerprint density at radius 1 is 1.30 bits per heavy atom. The second kappa shape index (κ2) is 4.85. The Bertz CT molecular complexity index is 721. The van der Waals surface area contributed by atoms with Crippen LogP contribution in [0.4, 0.5) is 5.69 Å². The van der Waals surface area contributed by atoms with Crippen LogP contribution in [0.5, 0.6) is 0 Å². The van der Waals surface area contributed by atoms with Gasteiger partial charge in [0.2, 0.25) is 0 Å². The fourth-order valence-corrected chi connectivity index (χ4v) is 2.57. The summed E-state index contributed by atoms with van der Waals surface area (Å²) in [4.78, 5) is 28.6. The molecule has 0 spiro atoms. The molecule has 3 N–H and O–H groups in total. The van der Waals surface area contributed by atoms with E-state index in [1.807, 2.05) is 18.2 Å². The van der Waals surface area contributed by atoms with Crippen molar-refractivity contribution in [3.8, 4) is 0 Å². The minimum absolute atomic E-state index is 0.180. The summed E-state index contributed by atoms with van der Waals surface area (Å²) in [6.07, 6.45) is 3.70. The van der Waals surface area contributed by atoms with Gasteiger partial charge in [0.1, 0.15) is 5.56 Å². The van der Waals surface area contributed by atoms with E-state index in [1.54, 1.807) is 4.90 Å². The summed E-state index contributed by atoms with van der Waals surface area (Å²) in [5, 5.41) is 0. The topological polar surface area (TPSA) is 79.2 Å². The summed E-state index contributed by atoms with van der Waals surface area (Å²) in [6.45, 7) is 1.07. The van der Waals surface area contributed by atoms with Crippen LogP contribution in [0, 0.1) is 0 Å². The summed E-state index contributed by atoms with van der Waals surface area (Å²) in [5.74, 6) is -0.236. The van der Waals surface area contributed by atoms with Crippen molar-refractivity contribution >= 4 is 11.6 Å². The molecule has 0 unspecified atom stereocenters. The Morgan fingerprint density at radius 2 is 2.15 bits per heavy atom. The highest BCUT2D eigenvalue weighted by Gasteiger charge is 2.24. The molecule has 0 bridgehead atoms. The highest BCUT2D eigenvalue weighted by molar-refractivity contribution is 5.94. The van der Waals surface area contributed by atoms with Crippen molar-refractivity contribution in [1.29, 1.82) is 0 Å². The molecule has 0 saturated heterocycles. The van der Waals surface area contributed by atoms with Crippen LogP contribution in [-0.2, 0) is 13.0 Å². The fourth-order valence-electron chi connectivity index (χ4n) is 2.57. The van der Waals surface area contributed by atoms with Crippen LogP contribution < -0.4 is 11.2 Å². The maximum atomic E-state index is 12.4. The number of nitrogens with one attached hydrogen (secondary N) is 1. The molecule has 20 heavy (non-hydrogen) atoms. The van der Waals surface area contributed by atoms with E-state index in [0.717, 1.165) is 23.2 Å². The second-order valence-corrected chi connectivity index (χ2v) is 4.88. The predicted molar refractivity (Wildman–Crippen MR) is 76.4 cm³/mol. The molecule has 1 aliphatic heterocycles. The molecule has 0 atom stereocenters. The van der Waals surface area contributed by atoms with Crippen molar-refractivity contribution in [2.45, 2.75) is 13.0 Å². The van der Waals surface area contributed by atoms with E-state index in [9.17, 15) is 9.59 Å². The molecule has 0 saturated carbocycles. The molecule has 5 nitrogen and oxygen atoms in total. The van der Waals surface area contributed by atoms with Gasteiger partial charge in [-0.15, -0.1) is 0 Å². The molecule has 0 aliphatic carbocycles.